The van der Waals surface area contributed by atoms with Crippen LogP contribution in [0.25, 0.3) is 11.2 Å². The highest BCUT2D eigenvalue weighted by Gasteiger charge is 2.35. The Morgan fingerprint density at radius 1 is 1.62 bits per heavy atom. The van der Waals surface area contributed by atoms with Crippen LogP contribution in [0.3, 0.4) is 0 Å². The number of hydrogen-bond donors (Lipinski definition) is 4. The summed E-state index contributed by atoms with van der Waals surface area (Å²) in [5.74, 6) is 0.356. The summed E-state index contributed by atoms with van der Waals surface area (Å²) >= 11 is 0. The van der Waals surface area contributed by atoms with Gasteiger partial charge in [-0.25, -0.2) is 4.98 Å². The summed E-state index contributed by atoms with van der Waals surface area (Å²) in [7, 11) is 0. The fraction of sp³-hybridized carbons (Fsp3) is 0.583. The van der Waals surface area contributed by atoms with Gasteiger partial charge in [-0.1, -0.05) is 0 Å². The highest BCUT2D eigenvalue weighted by molar-refractivity contribution is 5.70. The van der Waals surface area contributed by atoms with E-state index in [9.17, 15) is 9.90 Å². The molecule has 1 saturated heterocycles. The van der Waals surface area contributed by atoms with Gasteiger partial charge in [0.15, 0.2) is 11.2 Å². The Morgan fingerprint density at radius 2 is 2.43 bits per heavy atom. The SMILES string of the molecule is CCNc1nc2c(ncn2[C@@H]2C[C@@H](O)[C@H](CO)O2)c(=O)[nH]1. The number of nitrogens with zero attached hydrogens (tertiary/aromatic N) is 3. The van der Waals surface area contributed by atoms with Gasteiger partial charge in [-0.15, -0.1) is 0 Å². The fourth-order valence-corrected chi connectivity index (χ4v) is 2.44. The molecule has 114 valence electrons. The van der Waals surface area contributed by atoms with Crippen molar-refractivity contribution in [3.63, 3.8) is 0 Å². The van der Waals surface area contributed by atoms with Gasteiger partial charge in [0.05, 0.1) is 19.0 Å². The van der Waals surface area contributed by atoms with Crippen LogP contribution in [-0.2, 0) is 4.74 Å². The summed E-state index contributed by atoms with van der Waals surface area (Å²) in [4.78, 5) is 22.9. The van der Waals surface area contributed by atoms with E-state index >= 15 is 0 Å². The summed E-state index contributed by atoms with van der Waals surface area (Å²) in [5, 5.41) is 21.9. The number of aliphatic hydroxyl groups excluding tert-OH is 2. The average molecular weight is 295 g/mol. The van der Waals surface area contributed by atoms with E-state index in [4.69, 9.17) is 9.84 Å². The van der Waals surface area contributed by atoms with Crippen molar-refractivity contribution in [2.75, 3.05) is 18.5 Å². The predicted octanol–water partition coefficient (Wildman–Crippen LogP) is -0.808. The van der Waals surface area contributed by atoms with Crippen molar-refractivity contribution >= 4 is 17.1 Å². The quantitative estimate of drug-likeness (QED) is 0.581. The van der Waals surface area contributed by atoms with Gasteiger partial charge in [-0.05, 0) is 6.92 Å². The van der Waals surface area contributed by atoms with Crippen molar-refractivity contribution in [1.29, 1.82) is 0 Å². The monoisotopic (exact) mass is 295 g/mol. The maximum Gasteiger partial charge on any atom is 0.280 e. The van der Waals surface area contributed by atoms with E-state index in [1.54, 1.807) is 4.57 Å². The molecule has 4 N–H and O–H groups in total. The molecule has 3 rings (SSSR count). The molecule has 0 aliphatic carbocycles. The number of fused-ring (bicyclic) bond motifs is 1. The Morgan fingerprint density at radius 3 is 3.10 bits per heavy atom. The molecule has 0 radical (unpaired) electrons. The molecule has 0 aromatic carbocycles. The maximum atomic E-state index is 11.9. The van der Waals surface area contributed by atoms with E-state index in [0.717, 1.165) is 0 Å². The third kappa shape index (κ3) is 2.39. The van der Waals surface area contributed by atoms with E-state index in [1.807, 2.05) is 6.92 Å². The lowest BCUT2D eigenvalue weighted by Crippen LogP contribution is -2.24. The van der Waals surface area contributed by atoms with Gasteiger partial charge < -0.3 is 20.3 Å². The standard InChI is InChI=1S/C12H17N5O4/c1-2-13-12-15-10-9(11(20)16-12)14-5-17(10)8-3-6(19)7(4-18)21-8/h5-8,18-19H,2-4H2,1H3,(H2,13,15,16,20)/t6-,7+,8+/m1/s1. The second-order valence-electron chi connectivity index (χ2n) is 4.88. The van der Waals surface area contributed by atoms with Gasteiger partial charge in [-0.2, -0.15) is 4.98 Å². The molecular formula is C12H17N5O4. The number of nitrogens with one attached hydrogen (secondary N) is 2. The third-order valence-electron chi connectivity index (χ3n) is 3.47. The van der Waals surface area contributed by atoms with E-state index in [-0.39, 0.29) is 17.7 Å². The van der Waals surface area contributed by atoms with Gasteiger partial charge >= 0.3 is 0 Å². The zero-order chi connectivity index (χ0) is 15.0. The summed E-state index contributed by atoms with van der Waals surface area (Å²) in [6.45, 7) is 2.25. The topological polar surface area (TPSA) is 125 Å². The number of aromatic nitrogens is 4. The molecule has 0 spiro atoms. The van der Waals surface area contributed by atoms with Crippen LogP contribution in [0.5, 0.6) is 0 Å². The molecule has 3 atom stereocenters. The summed E-state index contributed by atoms with van der Waals surface area (Å²) in [6.07, 6.45) is -0.136. The smallest absolute Gasteiger partial charge is 0.280 e. The van der Waals surface area contributed by atoms with Crippen LogP contribution in [0.15, 0.2) is 11.1 Å². The van der Waals surface area contributed by atoms with Crippen molar-refractivity contribution in [2.24, 2.45) is 0 Å². The van der Waals surface area contributed by atoms with Crippen LogP contribution in [0.1, 0.15) is 19.6 Å². The molecule has 0 amide bonds. The molecule has 1 fully saturated rings. The Kier molecular flexibility index (Phi) is 3.62. The molecule has 9 nitrogen and oxygen atoms in total. The van der Waals surface area contributed by atoms with Gasteiger partial charge in [-0.3, -0.25) is 14.3 Å². The number of hydrogen-bond acceptors (Lipinski definition) is 7. The molecule has 21 heavy (non-hydrogen) atoms. The van der Waals surface area contributed by atoms with Gasteiger partial charge in [0.25, 0.3) is 5.56 Å². The summed E-state index contributed by atoms with van der Waals surface area (Å²) in [6, 6.07) is 0. The van der Waals surface area contributed by atoms with Crippen LogP contribution in [0.2, 0.25) is 0 Å². The lowest BCUT2D eigenvalue weighted by atomic mass is 10.2. The lowest BCUT2D eigenvalue weighted by Gasteiger charge is -2.13. The Hall–Kier alpha value is -1.97. The van der Waals surface area contributed by atoms with Crippen molar-refractivity contribution in [3.05, 3.63) is 16.7 Å². The molecule has 1 aliphatic rings. The van der Waals surface area contributed by atoms with Crippen molar-refractivity contribution in [2.45, 2.75) is 31.8 Å². The zero-order valence-electron chi connectivity index (χ0n) is 11.5. The summed E-state index contributed by atoms with van der Waals surface area (Å²) < 4.78 is 7.17. The fourth-order valence-electron chi connectivity index (χ4n) is 2.44. The molecule has 3 heterocycles. The average Bonchev–Trinajstić information content (AvgIpc) is 3.02. The Balaban J connectivity index is 2.01. The largest absolute Gasteiger partial charge is 0.394 e. The first kappa shape index (κ1) is 14.0. The minimum absolute atomic E-state index is 0.210. The first-order chi connectivity index (χ1) is 10.1. The van der Waals surface area contributed by atoms with Crippen LogP contribution >= 0.6 is 0 Å². The molecular weight excluding hydrogens is 278 g/mol. The molecule has 9 heteroatoms. The number of imidazole rings is 1. The van der Waals surface area contributed by atoms with Gasteiger partial charge in [0.2, 0.25) is 5.95 Å². The normalized spacial score (nSPS) is 25.6. The maximum absolute atomic E-state index is 11.9. The van der Waals surface area contributed by atoms with Crippen LogP contribution in [0.4, 0.5) is 5.95 Å². The van der Waals surface area contributed by atoms with E-state index in [1.165, 1.54) is 6.33 Å². The number of ether oxygens (including phenoxy) is 1. The van der Waals surface area contributed by atoms with Gasteiger partial charge in [0, 0.05) is 13.0 Å². The van der Waals surface area contributed by atoms with Crippen LogP contribution in [0, 0.1) is 0 Å². The number of aliphatic hydroxyl groups is 2. The second-order valence-corrected chi connectivity index (χ2v) is 4.88. The van der Waals surface area contributed by atoms with Crippen molar-refractivity contribution in [1.82, 2.24) is 19.5 Å². The van der Waals surface area contributed by atoms with Crippen LogP contribution in [-0.4, -0.2) is 55.1 Å². The minimum Gasteiger partial charge on any atom is -0.394 e. The lowest BCUT2D eigenvalue weighted by molar-refractivity contribution is -0.0432. The van der Waals surface area contributed by atoms with Crippen molar-refractivity contribution in [3.8, 4) is 0 Å². The minimum atomic E-state index is -0.757. The number of anilines is 1. The molecule has 0 bridgehead atoms. The number of rotatable bonds is 4. The highest BCUT2D eigenvalue weighted by Crippen LogP contribution is 2.30. The molecule has 2 aromatic rings. The predicted molar refractivity (Wildman–Crippen MR) is 73.9 cm³/mol. The third-order valence-corrected chi connectivity index (χ3v) is 3.47. The Bertz CT molecular complexity index is 697. The molecule has 1 aliphatic heterocycles. The summed E-state index contributed by atoms with van der Waals surface area (Å²) in [5.41, 5.74) is 0.250. The molecule has 0 saturated carbocycles. The molecule has 0 unspecified atom stereocenters. The first-order valence-electron chi connectivity index (χ1n) is 6.79. The highest BCUT2D eigenvalue weighted by atomic mass is 16.5. The number of H-pyrrole nitrogens is 1. The zero-order valence-corrected chi connectivity index (χ0v) is 11.5. The second kappa shape index (κ2) is 5.43. The van der Waals surface area contributed by atoms with Gasteiger partial charge in [0.1, 0.15) is 12.3 Å². The van der Waals surface area contributed by atoms with Crippen molar-refractivity contribution < 1.29 is 14.9 Å². The van der Waals surface area contributed by atoms with E-state index in [0.29, 0.717) is 24.6 Å². The molecule has 2 aromatic heterocycles. The van der Waals surface area contributed by atoms with E-state index < -0.39 is 18.4 Å². The van der Waals surface area contributed by atoms with Crippen LogP contribution < -0.4 is 10.9 Å². The first-order valence-corrected chi connectivity index (χ1v) is 6.79. The van der Waals surface area contributed by atoms with E-state index in [2.05, 4.69) is 20.3 Å². The Labute approximate surface area is 119 Å². The number of aromatic amines is 1.